The molecule has 1 aromatic carbocycles. The van der Waals surface area contributed by atoms with Gasteiger partial charge in [-0.05, 0) is 19.1 Å². The Hall–Kier alpha value is -1.10. The Kier molecular flexibility index (Phi) is 2.42. The molecule has 0 atom stereocenters. The van der Waals surface area contributed by atoms with Gasteiger partial charge < -0.3 is 0 Å². The second-order valence-corrected chi connectivity index (χ2v) is 3.98. The number of benzene rings is 1. The molecular formula is C10H5BrF3N. The molecule has 78 valence electrons. The molecule has 1 aromatic heterocycles. The third-order valence-corrected chi connectivity index (χ3v) is 2.67. The number of aryl methyl sites for hydroxylation is 1. The van der Waals surface area contributed by atoms with Gasteiger partial charge >= 0.3 is 0 Å². The third-order valence-electron chi connectivity index (χ3n) is 2.02. The maximum absolute atomic E-state index is 13.3. The van der Waals surface area contributed by atoms with Crippen molar-refractivity contribution in [2.45, 2.75) is 6.92 Å². The van der Waals surface area contributed by atoms with Crippen LogP contribution in [0.3, 0.4) is 0 Å². The van der Waals surface area contributed by atoms with Crippen LogP contribution in [0.25, 0.3) is 10.9 Å². The van der Waals surface area contributed by atoms with Gasteiger partial charge in [-0.15, -0.1) is 0 Å². The largest absolute Gasteiger partial charge is 0.250 e. The highest BCUT2D eigenvalue weighted by Gasteiger charge is 2.16. The quantitative estimate of drug-likeness (QED) is 0.668. The first-order chi connectivity index (χ1) is 7.00. The van der Waals surface area contributed by atoms with Crippen molar-refractivity contribution in [3.05, 3.63) is 39.8 Å². The van der Waals surface area contributed by atoms with Crippen molar-refractivity contribution in [2.75, 3.05) is 0 Å². The topological polar surface area (TPSA) is 12.9 Å². The lowest BCUT2D eigenvalue weighted by molar-refractivity contribution is 0.452. The molecular weight excluding hydrogens is 271 g/mol. The molecule has 0 unspecified atom stereocenters. The van der Waals surface area contributed by atoms with Crippen molar-refractivity contribution in [3.8, 4) is 0 Å². The zero-order chi connectivity index (χ0) is 11.2. The average molecular weight is 276 g/mol. The highest BCUT2D eigenvalue weighted by atomic mass is 79.9. The summed E-state index contributed by atoms with van der Waals surface area (Å²) in [6.45, 7) is 1.64. The predicted molar refractivity (Wildman–Crippen MR) is 54.1 cm³/mol. The second-order valence-electron chi connectivity index (χ2n) is 3.13. The van der Waals surface area contributed by atoms with Crippen LogP contribution in [0.4, 0.5) is 13.2 Å². The molecule has 0 aliphatic rings. The van der Waals surface area contributed by atoms with E-state index in [0.29, 0.717) is 10.2 Å². The SMILES string of the molecule is Cc1cc(Br)c2cc(F)c(F)c(F)c2n1. The number of hydrogen-bond acceptors (Lipinski definition) is 1. The summed E-state index contributed by atoms with van der Waals surface area (Å²) in [6.07, 6.45) is 0. The van der Waals surface area contributed by atoms with Crippen LogP contribution >= 0.6 is 15.9 Å². The zero-order valence-electron chi connectivity index (χ0n) is 7.61. The second kappa shape index (κ2) is 3.48. The Labute approximate surface area is 92.1 Å². The van der Waals surface area contributed by atoms with E-state index in [4.69, 9.17) is 0 Å². The van der Waals surface area contributed by atoms with Crippen molar-refractivity contribution < 1.29 is 13.2 Å². The van der Waals surface area contributed by atoms with Gasteiger partial charge in [-0.25, -0.2) is 18.2 Å². The van der Waals surface area contributed by atoms with Crippen LogP contribution in [0.2, 0.25) is 0 Å². The smallest absolute Gasteiger partial charge is 0.196 e. The van der Waals surface area contributed by atoms with Gasteiger partial charge in [0.05, 0.1) is 0 Å². The van der Waals surface area contributed by atoms with Crippen LogP contribution in [0, 0.1) is 24.4 Å². The van der Waals surface area contributed by atoms with Crippen molar-refractivity contribution in [2.24, 2.45) is 0 Å². The molecule has 1 heterocycles. The Balaban J connectivity index is 2.98. The van der Waals surface area contributed by atoms with Gasteiger partial charge in [0.25, 0.3) is 0 Å². The molecule has 2 aromatic rings. The first kappa shape index (κ1) is 10.4. The molecule has 0 spiro atoms. The van der Waals surface area contributed by atoms with Gasteiger partial charge in [0, 0.05) is 15.6 Å². The minimum atomic E-state index is -1.49. The molecule has 5 heteroatoms. The number of fused-ring (bicyclic) bond motifs is 1. The minimum absolute atomic E-state index is 0.166. The molecule has 0 radical (unpaired) electrons. The van der Waals surface area contributed by atoms with Gasteiger partial charge in [0.15, 0.2) is 17.5 Å². The molecule has 1 nitrogen and oxygen atoms in total. The van der Waals surface area contributed by atoms with Gasteiger partial charge in [0.2, 0.25) is 0 Å². The van der Waals surface area contributed by atoms with Gasteiger partial charge in [0.1, 0.15) is 5.52 Å². The monoisotopic (exact) mass is 275 g/mol. The summed E-state index contributed by atoms with van der Waals surface area (Å²) in [7, 11) is 0. The van der Waals surface area contributed by atoms with Crippen LogP contribution in [0.1, 0.15) is 5.69 Å². The average Bonchev–Trinajstić information content (AvgIpc) is 2.17. The van der Waals surface area contributed by atoms with E-state index >= 15 is 0 Å². The van der Waals surface area contributed by atoms with E-state index in [1.165, 1.54) is 0 Å². The fraction of sp³-hybridized carbons (Fsp3) is 0.100. The van der Waals surface area contributed by atoms with E-state index in [1.54, 1.807) is 13.0 Å². The maximum Gasteiger partial charge on any atom is 0.196 e. The first-order valence-electron chi connectivity index (χ1n) is 4.11. The fourth-order valence-electron chi connectivity index (χ4n) is 1.35. The summed E-state index contributed by atoms with van der Waals surface area (Å²) in [5.41, 5.74) is 0.361. The molecule has 0 aliphatic carbocycles. The first-order valence-corrected chi connectivity index (χ1v) is 4.90. The van der Waals surface area contributed by atoms with Crippen LogP contribution in [0.5, 0.6) is 0 Å². The lowest BCUT2D eigenvalue weighted by atomic mass is 10.2. The highest BCUT2D eigenvalue weighted by molar-refractivity contribution is 9.10. The number of rotatable bonds is 0. The summed E-state index contributed by atoms with van der Waals surface area (Å²) >= 11 is 3.14. The normalized spacial score (nSPS) is 11.0. The predicted octanol–water partition coefficient (Wildman–Crippen LogP) is 3.72. The lowest BCUT2D eigenvalue weighted by Crippen LogP contribution is -1.96. The summed E-state index contributed by atoms with van der Waals surface area (Å²) in [5, 5.41) is 0.219. The minimum Gasteiger partial charge on any atom is -0.250 e. The summed E-state index contributed by atoms with van der Waals surface area (Å²) in [4.78, 5) is 3.83. The lowest BCUT2D eigenvalue weighted by Gasteiger charge is -2.04. The van der Waals surface area contributed by atoms with Gasteiger partial charge in [-0.2, -0.15) is 0 Å². The zero-order valence-corrected chi connectivity index (χ0v) is 9.20. The van der Waals surface area contributed by atoms with E-state index in [2.05, 4.69) is 20.9 Å². The number of hydrogen-bond donors (Lipinski definition) is 0. The maximum atomic E-state index is 13.3. The van der Waals surface area contributed by atoms with Crippen molar-refractivity contribution >= 4 is 26.8 Å². The van der Waals surface area contributed by atoms with Crippen molar-refractivity contribution in [3.63, 3.8) is 0 Å². The third kappa shape index (κ3) is 1.61. The van der Waals surface area contributed by atoms with Gasteiger partial charge in [-0.1, -0.05) is 15.9 Å². The number of halogens is 4. The van der Waals surface area contributed by atoms with Gasteiger partial charge in [-0.3, -0.25) is 0 Å². The Morgan fingerprint density at radius 2 is 1.80 bits per heavy atom. The Morgan fingerprint density at radius 1 is 1.13 bits per heavy atom. The van der Waals surface area contributed by atoms with E-state index < -0.39 is 17.5 Å². The number of nitrogens with zero attached hydrogens (tertiary/aromatic N) is 1. The summed E-state index contributed by atoms with van der Waals surface area (Å²) in [5.74, 6) is -3.96. The van der Waals surface area contributed by atoms with Crippen molar-refractivity contribution in [1.82, 2.24) is 4.98 Å². The van der Waals surface area contributed by atoms with Crippen LogP contribution in [0.15, 0.2) is 16.6 Å². The molecule has 0 aliphatic heterocycles. The fourth-order valence-corrected chi connectivity index (χ4v) is 1.98. The molecule has 15 heavy (non-hydrogen) atoms. The van der Waals surface area contributed by atoms with E-state index in [9.17, 15) is 13.2 Å². The Bertz CT molecular complexity index is 554. The van der Waals surface area contributed by atoms with Crippen molar-refractivity contribution in [1.29, 1.82) is 0 Å². The van der Waals surface area contributed by atoms with E-state index in [-0.39, 0.29) is 10.9 Å². The molecule has 2 rings (SSSR count). The molecule has 0 saturated heterocycles. The Morgan fingerprint density at radius 3 is 2.47 bits per heavy atom. The molecule has 0 bridgehead atoms. The standard InChI is InChI=1S/C10H5BrF3N/c1-4-2-6(11)5-3-7(12)8(13)9(14)10(5)15-4/h2-3H,1H3. The van der Waals surface area contributed by atoms with Crippen LogP contribution < -0.4 is 0 Å². The molecule has 0 N–H and O–H groups in total. The van der Waals surface area contributed by atoms with E-state index in [1.807, 2.05) is 0 Å². The molecule has 0 amide bonds. The highest BCUT2D eigenvalue weighted by Crippen LogP contribution is 2.28. The summed E-state index contributed by atoms with van der Waals surface area (Å²) < 4.78 is 39.7. The van der Waals surface area contributed by atoms with Crippen LogP contribution in [-0.4, -0.2) is 4.98 Å². The molecule has 0 fully saturated rings. The van der Waals surface area contributed by atoms with Crippen LogP contribution in [-0.2, 0) is 0 Å². The number of pyridine rings is 1. The molecule has 0 saturated carbocycles. The summed E-state index contributed by atoms with van der Waals surface area (Å²) in [6, 6.07) is 2.53. The van der Waals surface area contributed by atoms with E-state index in [0.717, 1.165) is 6.07 Å². The number of aromatic nitrogens is 1.